The average Bonchev–Trinajstić information content (AvgIpc) is 2.66. The van der Waals surface area contributed by atoms with Gasteiger partial charge in [0.15, 0.2) is 5.78 Å². The smallest absolute Gasteiger partial charge is 0.166 e. The molecule has 0 heterocycles. The molecule has 5 heteroatoms. The second-order valence-corrected chi connectivity index (χ2v) is 6.57. The molecule has 4 nitrogen and oxygen atoms in total. The molecule has 0 aromatic heterocycles. The van der Waals surface area contributed by atoms with Gasteiger partial charge in [0, 0.05) is 13.0 Å². The fourth-order valence-corrected chi connectivity index (χ4v) is 2.66. The fraction of sp³-hybridized carbons (Fsp3) is 0.409. The number of carbonyl (C=O) groups is 1. The fourth-order valence-electron chi connectivity index (χ4n) is 2.66. The molecular formula is C22H30ClNO3. The van der Waals surface area contributed by atoms with Gasteiger partial charge in [-0.15, -0.1) is 12.4 Å². The number of benzene rings is 2. The molecule has 148 valence electrons. The van der Waals surface area contributed by atoms with Crippen LogP contribution in [0.4, 0.5) is 0 Å². The molecule has 0 aliphatic heterocycles. The van der Waals surface area contributed by atoms with Crippen molar-refractivity contribution in [2.75, 3.05) is 19.7 Å². The van der Waals surface area contributed by atoms with Crippen molar-refractivity contribution in [2.45, 2.75) is 39.2 Å². The maximum atomic E-state index is 12.6. The Kier molecular flexibility index (Phi) is 10.7. The number of Topliss-reactive ketones (excluding diaryl/α,β-unsaturated/α-hetero) is 1. The lowest BCUT2D eigenvalue weighted by atomic mass is 10.0. The molecule has 0 amide bonds. The summed E-state index contributed by atoms with van der Waals surface area (Å²) < 4.78 is 5.71. The summed E-state index contributed by atoms with van der Waals surface area (Å²) in [5, 5.41) is 13.1. The first kappa shape index (κ1) is 23.2. The number of hydrogen-bond acceptors (Lipinski definition) is 4. The number of hydrogen-bond donors (Lipinski definition) is 2. The van der Waals surface area contributed by atoms with Crippen LogP contribution in [-0.4, -0.2) is 36.7 Å². The van der Waals surface area contributed by atoms with E-state index in [1.54, 1.807) is 12.1 Å². The third-order valence-corrected chi connectivity index (χ3v) is 4.19. The number of aliphatic hydroxyl groups is 1. The minimum atomic E-state index is -0.600. The minimum Gasteiger partial charge on any atom is -0.490 e. The molecule has 0 saturated carbocycles. The van der Waals surface area contributed by atoms with Gasteiger partial charge in [0.25, 0.3) is 0 Å². The maximum Gasteiger partial charge on any atom is 0.166 e. The summed E-state index contributed by atoms with van der Waals surface area (Å²) in [5.41, 5.74) is 2.94. The highest BCUT2D eigenvalue weighted by atomic mass is 35.5. The van der Waals surface area contributed by atoms with Crippen molar-refractivity contribution in [2.24, 2.45) is 0 Å². The van der Waals surface area contributed by atoms with Crippen molar-refractivity contribution in [3.63, 3.8) is 0 Å². The van der Waals surface area contributed by atoms with Gasteiger partial charge in [-0.25, -0.2) is 0 Å². The van der Waals surface area contributed by atoms with E-state index in [9.17, 15) is 9.90 Å². The zero-order valence-electron chi connectivity index (χ0n) is 16.1. The molecule has 2 aromatic carbocycles. The predicted octanol–water partition coefficient (Wildman–Crippen LogP) is 3.97. The molecule has 0 bridgehead atoms. The summed E-state index contributed by atoms with van der Waals surface area (Å²) in [6.45, 7) is 5.64. The van der Waals surface area contributed by atoms with Crippen molar-refractivity contribution >= 4 is 18.2 Å². The molecule has 2 aromatic rings. The van der Waals surface area contributed by atoms with E-state index in [0.717, 1.165) is 18.5 Å². The van der Waals surface area contributed by atoms with E-state index in [1.165, 1.54) is 5.56 Å². The van der Waals surface area contributed by atoms with Crippen molar-refractivity contribution in [3.05, 3.63) is 65.2 Å². The average molecular weight is 392 g/mol. The van der Waals surface area contributed by atoms with Crippen LogP contribution in [0, 0.1) is 6.92 Å². The first-order valence-corrected chi connectivity index (χ1v) is 9.29. The van der Waals surface area contributed by atoms with E-state index < -0.39 is 6.10 Å². The minimum absolute atomic E-state index is 0. The van der Waals surface area contributed by atoms with Crippen LogP contribution in [0.25, 0.3) is 0 Å². The van der Waals surface area contributed by atoms with Crippen molar-refractivity contribution in [1.82, 2.24) is 5.32 Å². The number of carbonyl (C=O) groups excluding carboxylic acids is 1. The Morgan fingerprint density at radius 2 is 1.85 bits per heavy atom. The van der Waals surface area contributed by atoms with Crippen LogP contribution >= 0.6 is 12.4 Å². The Labute approximate surface area is 168 Å². The van der Waals surface area contributed by atoms with Crippen LogP contribution in [0.1, 0.15) is 41.3 Å². The molecule has 2 rings (SSSR count). The number of aliphatic hydroxyl groups excluding tert-OH is 1. The summed E-state index contributed by atoms with van der Waals surface area (Å²) in [4.78, 5) is 12.6. The molecule has 1 unspecified atom stereocenters. The Balaban J connectivity index is 0.00000364. The van der Waals surface area contributed by atoms with E-state index in [0.29, 0.717) is 30.7 Å². The second-order valence-electron chi connectivity index (χ2n) is 6.57. The number of aryl methyl sites for hydroxylation is 2. The topological polar surface area (TPSA) is 58.6 Å². The first-order valence-electron chi connectivity index (χ1n) is 9.29. The van der Waals surface area contributed by atoms with Crippen molar-refractivity contribution < 1.29 is 14.6 Å². The SMILES string of the molecule is CCCNCC(O)COc1ccccc1C(=O)CCc1ccc(C)cc1.Cl. The number of rotatable bonds is 11. The van der Waals surface area contributed by atoms with Gasteiger partial charge in [-0.2, -0.15) is 0 Å². The van der Waals surface area contributed by atoms with Gasteiger partial charge in [0.2, 0.25) is 0 Å². The summed E-state index contributed by atoms with van der Waals surface area (Å²) in [5.74, 6) is 0.593. The third-order valence-electron chi connectivity index (χ3n) is 4.19. The van der Waals surface area contributed by atoms with Gasteiger partial charge >= 0.3 is 0 Å². The second kappa shape index (κ2) is 12.5. The monoisotopic (exact) mass is 391 g/mol. The van der Waals surface area contributed by atoms with Crippen LogP contribution in [0.15, 0.2) is 48.5 Å². The van der Waals surface area contributed by atoms with E-state index in [-0.39, 0.29) is 24.8 Å². The van der Waals surface area contributed by atoms with Crippen molar-refractivity contribution in [1.29, 1.82) is 0 Å². The Morgan fingerprint density at radius 1 is 1.15 bits per heavy atom. The normalized spacial score (nSPS) is 11.5. The van der Waals surface area contributed by atoms with Crippen LogP contribution < -0.4 is 10.1 Å². The lowest BCUT2D eigenvalue weighted by molar-refractivity contribution is 0.0950. The molecule has 0 saturated heterocycles. The van der Waals surface area contributed by atoms with Crippen LogP contribution in [0.2, 0.25) is 0 Å². The van der Waals surface area contributed by atoms with Crippen LogP contribution in [-0.2, 0) is 6.42 Å². The van der Waals surface area contributed by atoms with Gasteiger partial charge in [0.1, 0.15) is 18.5 Å². The van der Waals surface area contributed by atoms with Gasteiger partial charge in [-0.05, 0) is 44.0 Å². The lowest BCUT2D eigenvalue weighted by Crippen LogP contribution is -2.32. The highest BCUT2D eigenvalue weighted by molar-refractivity contribution is 5.98. The highest BCUT2D eigenvalue weighted by Gasteiger charge is 2.13. The number of ether oxygens (including phenoxy) is 1. The van der Waals surface area contributed by atoms with Gasteiger partial charge in [-0.3, -0.25) is 4.79 Å². The Hall–Kier alpha value is -1.88. The Bertz CT molecular complexity index is 688. The molecule has 0 spiro atoms. The first-order chi connectivity index (χ1) is 12.6. The molecule has 27 heavy (non-hydrogen) atoms. The summed E-state index contributed by atoms with van der Waals surface area (Å²) in [6, 6.07) is 15.5. The zero-order chi connectivity index (χ0) is 18.8. The van der Waals surface area contributed by atoms with E-state index >= 15 is 0 Å². The number of ketones is 1. The maximum absolute atomic E-state index is 12.6. The largest absolute Gasteiger partial charge is 0.490 e. The molecule has 0 aliphatic rings. The summed E-state index contributed by atoms with van der Waals surface area (Å²) >= 11 is 0. The standard InChI is InChI=1S/C22H29NO3.ClH/c1-3-14-23-15-19(24)16-26-22-7-5-4-6-20(22)21(25)13-12-18-10-8-17(2)9-11-18;/h4-11,19,23-24H,3,12-16H2,1-2H3;1H. The third kappa shape index (κ3) is 8.12. The molecular weight excluding hydrogens is 362 g/mol. The number of halogens is 1. The zero-order valence-corrected chi connectivity index (χ0v) is 16.9. The van der Waals surface area contributed by atoms with Crippen LogP contribution in [0.3, 0.4) is 0 Å². The van der Waals surface area contributed by atoms with Gasteiger partial charge < -0.3 is 15.2 Å². The molecule has 0 aliphatic carbocycles. The number of nitrogens with one attached hydrogen (secondary N) is 1. The molecule has 1 atom stereocenters. The summed E-state index contributed by atoms with van der Waals surface area (Å²) in [6.07, 6.45) is 1.56. The van der Waals surface area contributed by atoms with Crippen molar-refractivity contribution in [3.8, 4) is 5.75 Å². The Morgan fingerprint density at radius 3 is 2.56 bits per heavy atom. The van der Waals surface area contributed by atoms with Gasteiger partial charge in [0.05, 0.1) is 5.56 Å². The van der Waals surface area contributed by atoms with Gasteiger partial charge in [-0.1, -0.05) is 48.9 Å². The molecule has 2 N–H and O–H groups in total. The molecule has 0 radical (unpaired) electrons. The predicted molar refractivity (Wildman–Crippen MR) is 112 cm³/mol. The van der Waals surface area contributed by atoms with E-state index in [4.69, 9.17) is 4.74 Å². The number of para-hydroxylation sites is 1. The highest BCUT2D eigenvalue weighted by Crippen LogP contribution is 2.21. The summed E-state index contributed by atoms with van der Waals surface area (Å²) in [7, 11) is 0. The molecule has 0 fully saturated rings. The van der Waals surface area contributed by atoms with E-state index in [1.807, 2.05) is 12.1 Å². The van der Waals surface area contributed by atoms with Crippen LogP contribution in [0.5, 0.6) is 5.75 Å². The lowest BCUT2D eigenvalue weighted by Gasteiger charge is -2.15. The quantitative estimate of drug-likeness (QED) is 0.449. The van der Waals surface area contributed by atoms with E-state index in [2.05, 4.69) is 43.4 Å².